The molecule has 0 aliphatic carbocycles. The van der Waals surface area contributed by atoms with Crippen LogP contribution in [0, 0.1) is 0 Å². The summed E-state index contributed by atoms with van der Waals surface area (Å²) in [6, 6.07) is 0. The maximum absolute atomic E-state index is 9.41. The number of nitrogens with zero attached hydrogens (tertiary/aromatic N) is 4. The molecule has 92 valence electrons. The van der Waals surface area contributed by atoms with E-state index in [-0.39, 0.29) is 12.1 Å². The topological polar surface area (TPSA) is 53.7 Å². The second-order valence-electron chi connectivity index (χ2n) is 4.57. The lowest BCUT2D eigenvalue weighted by molar-refractivity contribution is 0.216. The molecule has 5 nitrogen and oxygen atoms in total. The Balaban J connectivity index is 2.58. The predicted octanol–water partition coefficient (Wildman–Crippen LogP) is 1.70. The van der Waals surface area contributed by atoms with Gasteiger partial charge in [-0.1, -0.05) is 0 Å². The number of rotatable bonds is 3. The number of halogens is 1. The van der Waals surface area contributed by atoms with Crippen LogP contribution < -0.4 is 4.90 Å². The summed E-state index contributed by atoms with van der Waals surface area (Å²) in [6.07, 6.45) is 5.45. The van der Waals surface area contributed by atoms with Gasteiger partial charge in [0, 0.05) is 25.6 Å². The summed E-state index contributed by atoms with van der Waals surface area (Å²) in [5.41, 5.74) is 0.387. The SMILES string of the molecule is CN(c1nc(Br)cn2ccnc12)C(C)(C)CO. The average molecular weight is 299 g/mol. The van der Waals surface area contributed by atoms with Crippen LogP contribution in [0.1, 0.15) is 13.8 Å². The highest BCUT2D eigenvalue weighted by molar-refractivity contribution is 9.10. The molecule has 0 spiro atoms. The van der Waals surface area contributed by atoms with Crippen LogP contribution in [0.15, 0.2) is 23.2 Å². The first kappa shape index (κ1) is 12.3. The Kier molecular flexibility index (Phi) is 3.09. The van der Waals surface area contributed by atoms with Crippen LogP contribution in [0.25, 0.3) is 5.65 Å². The molecule has 0 aliphatic rings. The minimum atomic E-state index is -0.389. The molecule has 2 rings (SSSR count). The van der Waals surface area contributed by atoms with Crippen molar-refractivity contribution in [3.8, 4) is 0 Å². The van der Waals surface area contributed by atoms with E-state index in [0.29, 0.717) is 0 Å². The molecule has 2 heterocycles. The highest BCUT2D eigenvalue weighted by Crippen LogP contribution is 2.25. The zero-order chi connectivity index (χ0) is 12.6. The predicted molar refractivity (Wildman–Crippen MR) is 70.3 cm³/mol. The van der Waals surface area contributed by atoms with E-state index < -0.39 is 0 Å². The van der Waals surface area contributed by atoms with Gasteiger partial charge in [0.2, 0.25) is 0 Å². The van der Waals surface area contributed by atoms with Gasteiger partial charge in [-0.25, -0.2) is 9.97 Å². The van der Waals surface area contributed by atoms with Crippen molar-refractivity contribution in [2.45, 2.75) is 19.4 Å². The van der Waals surface area contributed by atoms with Crippen molar-refractivity contribution in [3.63, 3.8) is 0 Å². The number of fused-ring (bicyclic) bond motifs is 1. The van der Waals surface area contributed by atoms with E-state index in [1.165, 1.54) is 0 Å². The Bertz CT molecular complexity index is 537. The van der Waals surface area contributed by atoms with E-state index in [2.05, 4.69) is 25.9 Å². The van der Waals surface area contributed by atoms with Crippen molar-refractivity contribution in [1.29, 1.82) is 0 Å². The fourth-order valence-corrected chi connectivity index (χ4v) is 1.89. The molecule has 0 aromatic carbocycles. The van der Waals surface area contributed by atoms with E-state index in [1.54, 1.807) is 6.20 Å². The zero-order valence-electron chi connectivity index (χ0n) is 10.1. The number of aliphatic hydroxyl groups excluding tert-OH is 1. The minimum Gasteiger partial charge on any atom is -0.394 e. The molecule has 0 bridgehead atoms. The lowest BCUT2D eigenvalue weighted by atomic mass is 10.1. The van der Waals surface area contributed by atoms with Gasteiger partial charge in [-0.3, -0.25) is 0 Å². The number of imidazole rings is 1. The number of anilines is 1. The van der Waals surface area contributed by atoms with Crippen LogP contribution in [0.4, 0.5) is 5.82 Å². The molecule has 2 aromatic rings. The summed E-state index contributed by atoms with van der Waals surface area (Å²) in [6.45, 7) is 3.95. The van der Waals surface area contributed by atoms with Crippen LogP contribution in [0.2, 0.25) is 0 Å². The van der Waals surface area contributed by atoms with Gasteiger partial charge >= 0.3 is 0 Å². The summed E-state index contributed by atoms with van der Waals surface area (Å²) in [5.74, 6) is 0.739. The maximum Gasteiger partial charge on any atom is 0.180 e. The molecule has 0 saturated heterocycles. The van der Waals surface area contributed by atoms with E-state index in [0.717, 1.165) is 16.1 Å². The molecule has 0 aliphatic heterocycles. The van der Waals surface area contributed by atoms with Crippen LogP contribution in [0.5, 0.6) is 0 Å². The number of aliphatic hydroxyl groups is 1. The first-order chi connectivity index (χ1) is 7.95. The fourth-order valence-electron chi connectivity index (χ4n) is 1.50. The van der Waals surface area contributed by atoms with Crippen molar-refractivity contribution < 1.29 is 5.11 Å². The van der Waals surface area contributed by atoms with E-state index >= 15 is 0 Å². The molecule has 0 fully saturated rings. The molecule has 2 aromatic heterocycles. The zero-order valence-corrected chi connectivity index (χ0v) is 11.6. The molecule has 6 heteroatoms. The number of hydrogen-bond donors (Lipinski definition) is 1. The Hall–Kier alpha value is -1.14. The van der Waals surface area contributed by atoms with Crippen molar-refractivity contribution in [2.24, 2.45) is 0 Å². The summed E-state index contributed by atoms with van der Waals surface area (Å²) < 4.78 is 2.63. The Morgan fingerprint density at radius 3 is 2.88 bits per heavy atom. The molecule has 1 N–H and O–H groups in total. The lowest BCUT2D eigenvalue weighted by Crippen LogP contribution is -2.45. The Morgan fingerprint density at radius 2 is 2.24 bits per heavy atom. The highest BCUT2D eigenvalue weighted by Gasteiger charge is 2.26. The smallest absolute Gasteiger partial charge is 0.180 e. The number of aromatic nitrogens is 3. The van der Waals surface area contributed by atoms with E-state index in [4.69, 9.17) is 0 Å². The third-order valence-electron chi connectivity index (χ3n) is 2.94. The summed E-state index contributed by atoms with van der Waals surface area (Å²) in [4.78, 5) is 10.7. The molecule has 0 unspecified atom stereocenters. The molecular weight excluding hydrogens is 284 g/mol. The summed E-state index contributed by atoms with van der Waals surface area (Å²) >= 11 is 3.38. The van der Waals surface area contributed by atoms with Gasteiger partial charge in [0.25, 0.3) is 0 Å². The first-order valence-corrected chi connectivity index (χ1v) is 6.09. The van der Waals surface area contributed by atoms with Gasteiger partial charge in [0.15, 0.2) is 11.5 Å². The fraction of sp³-hybridized carbons (Fsp3) is 0.455. The second-order valence-corrected chi connectivity index (χ2v) is 5.39. The molecule has 0 saturated carbocycles. The van der Waals surface area contributed by atoms with E-state index in [9.17, 15) is 5.11 Å². The van der Waals surface area contributed by atoms with Gasteiger partial charge in [-0.2, -0.15) is 0 Å². The van der Waals surface area contributed by atoms with Gasteiger partial charge in [0.05, 0.1) is 12.1 Å². The third kappa shape index (κ3) is 2.14. The second kappa shape index (κ2) is 4.27. The monoisotopic (exact) mass is 298 g/mol. The normalized spacial score (nSPS) is 12.1. The Labute approximate surface area is 108 Å². The highest BCUT2D eigenvalue weighted by atomic mass is 79.9. The molecular formula is C11H15BrN4O. The van der Waals surface area contributed by atoms with Crippen molar-refractivity contribution in [1.82, 2.24) is 14.4 Å². The van der Waals surface area contributed by atoms with Gasteiger partial charge < -0.3 is 14.4 Å². The number of likely N-dealkylation sites (N-methyl/N-ethyl adjacent to an activating group) is 1. The number of hydrogen-bond acceptors (Lipinski definition) is 4. The molecule has 17 heavy (non-hydrogen) atoms. The van der Waals surface area contributed by atoms with Crippen LogP contribution in [0.3, 0.4) is 0 Å². The molecule has 0 radical (unpaired) electrons. The minimum absolute atomic E-state index is 0.0462. The largest absolute Gasteiger partial charge is 0.394 e. The molecule has 0 amide bonds. The summed E-state index contributed by atoms with van der Waals surface area (Å²) in [5, 5.41) is 9.41. The van der Waals surface area contributed by atoms with E-state index in [1.807, 2.05) is 42.6 Å². The van der Waals surface area contributed by atoms with Gasteiger partial charge in [-0.05, 0) is 29.8 Å². The van der Waals surface area contributed by atoms with Crippen molar-refractivity contribution in [2.75, 3.05) is 18.6 Å². The van der Waals surface area contributed by atoms with Gasteiger partial charge in [0.1, 0.15) is 4.60 Å². The van der Waals surface area contributed by atoms with Crippen LogP contribution in [-0.2, 0) is 0 Å². The standard InChI is InChI=1S/C11H15BrN4O/c1-11(2,7-17)15(3)10-9-13-4-5-16(9)6-8(12)14-10/h4-6,17H,7H2,1-3H3. The Morgan fingerprint density at radius 1 is 1.53 bits per heavy atom. The lowest BCUT2D eigenvalue weighted by Gasteiger charge is -2.34. The maximum atomic E-state index is 9.41. The van der Waals surface area contributed by atoms with Crippen LogP contribution in [-0.4, -0.2) is 38.7 Å². The first-order valence-electron chi connectivity index (χ1n) is 5.29. The van der Waals surface area contributed by atoms with Crippen molar-refractivity contribution >= 4 is 27.4 Å². The average Bonchev–Trinajstić information content (AvgIpc) is 2.74. The van der Waals surface area contributed by atoms with Gasteiger partial charge in [-0.15, -0.1) is 0 Å². The van der Waals surface area contributed by atoms with Crippen molar-refractivity contribution in [3.05, 3.63) is 23.2 Å². The quantitative estimate of drug-likeness (QED) is 0.937. The van der Waals surface area contributed by atoms with Crippen LogP contribution >= 0.6 is 15.9 Å². The third-order valence-corrected chi connectivity index (χ3v) is 3.32. The molecule has 0 atom stereocenters. The summed E-state index contributed by atoms with van der Waals surface area (Å²) in [7, 11) is 1.90.